The number of aromatic nitrogens is 2. The van der Waals surface area contributed by atoms with Gasteiger partial charge in [0.2, 0.25) is 0 Å². The lowest BCUT2D eigenvalue weighted by molar-refractivity contribution is 0.656. The zero-order valence-corrected chi connectivity index (χ0v) is 10.6. The molecule has 0 bridgehead atoms. The molecule has 4 heteroatoms. The molecule has 2 aromatic rings. The Bertz CT molecular complexity index is 559. The monoisotopic (exact) mass is 242 g/mol. The van der Waals surface area contributed by atoms with Gasteiger partial charge in [-0.25, -0.2) is 0 Å². The topological polar surface area (TPSA) is 55.9 Å². The van der Waals surface area contributed by atoms with E-state index in [1.165, 1.54) is 11.1 Å². The smallest absolute Gasteiger partial charge is 0.148 e. The van der Waals surface area contributed by atoms with E-state index in [2.05, 4.69) is 29.5 Å². The Balaban J connectivity index is 1.80. The molecule has 0 radical (unpaired) electrons. The Morgan fingerprint density at radius 1 is 1.44 bits per heavy atom. The highest BCUT2D eigenvalue weighted by Gasteiger charge is 2.22. The molecule has 94 valence electrons. The molecule has 4 nitrogen and oxygen atoms in total. The molecule has 1 aliphatic rings. The lowest BCUT2D eigenvalue weighted by Gasteiger charge is -2.13. The van der Waals surface area contributed by atoms with Crippen LogP contribution >= 0.6 is 0 Å². The van der Waals surface area contributed by atoms with E-state index in [4.69, 9.17) is 5.73 Å². The number of hydrogen-bond acceptors (Lipinski definition) is 3. The van der Waals surface area contributed by atoms with E-state index in [-0.39, 0.29) is 0 Å². The fourth-order valence-corrected chi connectivity index (χ4v) is 2.58. The number of hydrogen-bond donors (Lipinski definition) is 2. The van der Waals surface area contributed by atoms with E-state index in [1.807, 2.05) is 23.0 Å². The second-order valence-electron chi connectivity index (χ2n) is 4.75. The first-order chi connectivity index (χ1) is 8.76. The molecular weight excluding hydrogens is 224 g/mol. The Labute approximate surface area is 107 Å². The molecule has 1 unspecified atom stereocenters. The Morgan fingerprint density at radius 3 is 3.11 bits per heavy atom. The van der Waals surface area contributed by atoms with E-state index in [0.29, 0.717) is 6.04 Å². The van der Waals surface area contributed by atoms with Crippen LogP contribution in [-0.2, 0) is 13.0 Å². The highest BCUT2D eigenvalue weighted by molar-refractivity contribution is 5.50. The van der Waals surface area contributed by atoms with Gasteiger partial charge in [0.25, 0.3) is 0 Å². The zero-order chi connectivity index (χ0) is 12.5. The van der Waals surface area contributed by atoms with Crippen LogP contribution in [0.4, 0.5) is 11.5 Å². The van der Waals surface area contributed by atoms with E-state index < -0.39 is 0 Å². The predicted octanol–water partition coefficient (Wildman–Crippen LogP) is 2.58. The molecule has 0 fully saturated rings. The van der Waals surface area contributed by atoms with Gasteiger partial charge in [-0.3, -0.25) is 4.68 Å². The quantitative estimate of drug-likeness (QED) is 0.813. The Morgan fingerprint density at radius 2 is 2.33 bits per heavy atom. The first-order valence-electron chi connectivity index (χ1n) is 6.44. The van der Waals surface area contributed by atoms with Crippen LogP contribution in [0, 0.1) is 0 Å². The van der Waals surface area contributed by atoms with Gasteiger partial charge in [0.05, 0.1) is 6.04 Å². The fourth-order valence-electron chi connectivity index (χ4n) is 2.58. The molecule has 0 spiro atoms. The van der Waals surface area contributed by atoms with Crippen LogP contribution in [-0.4, -0.2) is 9.78 Å². The number of fused-ring (bicyclic) bond motifs is 1. The predicted molar refractivity (Wildman–Crippen MR) is 73.4 cm³/mol. The molecular formula is C14H18N4. The van der Waals surface area contributed by atoms with Crippen molar-refractivity contribution >= 4 is 11.5 Å². The number of nitrogen functional groups attached to an aromatic ring is 1. The molecule has 3 rings (SSSR count). The van der Waals surface area contributed by atoms with Crippen molar-refractivity contribution in [2.24, 2.45) is 0 Å². The summed E-state index contributed by atoms with van der Waals surface area (Å²) in [5.41, 5.74) is 9.39. The first kappa shape index (κ1) is 11.1. The van der Waals surface area contributed by atoms with Crippen molar-refractivity contribution in [2.45, 2.75) is 32.4 Å². The molecule has 0 amide bonds. The Hall–Kier alpha value is -1.97. The third-order valence-electron chi connectivity index (χ3n) is 3.53. The van der Waals surface area contributed by atoms with Crippen molar-refractivity contribution in [3.63, 3.8) is 0 Å². The second-order valence-corrected chi connectivity index (χ2v) is 4.75. The molecule has 1 aromatic carbocycles. The van der Waals surface area contributed by atoms with Crippen LogP contribution in [0.2, 0.25) is 0 Å². The van der Waals surface area contributed by atoms with Gasteiger partial charge in [-0.1, -0.05) is 6.07 Å². The van der Waals surface area contributed by atoms with Crippen LogP contribution in [0.5, 0.6) is 0 Å². The van der Waals surface area contributed by atoms with Crippen LogP contribution in [0.15, 0.2) is 30.5 Å². The molecule has 0 aliphatic heterocycles. The van der Waals surface area contributed by atoms with E-state index in [1.54, 1.807) is 0 Å². The van der Waals surface area contributed by atoms with Gasteiger partial charge in [0.15, 0.2) is 0 Å². The van der Waals surface area contributed by atoms with E-state index in [9.17, 15) is 0 Å². The summed E-state index contributed by atoms with van der Waals surface area (Å²) >= 11 is 0. The van der Waals surface area contributed by atoms with Gasteiger partial charge in [-0.2, -0.15) is 5.10 Å². The molecule has 1 heterocycles. The number of nitrogens with two attached hydrogens (primary N) is 1. The average molecular weight is 242 g/mol. The van der Waals surface area contributed by atoms with Crippen molar-refractivity contribution in [3.05, 3.63) is 41.6 Å². The summed E-state index contributed by atoms with van der Waals surface area (Å²) in [6.07, 6.45) is 4.20. The maximum absolute atomic E-state index is 5.81. The number of nitrogens with one attached hydrogen (secondary N) is 1. The maximum Gasteiger partial charge on any atom is 0.148 e. The standard InChI is InChI=1S/C14H18N4/c1-2-18-8-7-14(17-18)16-13-6-3-10-9-11(15)4-5-12(10)13/h4-5,7-9,13H,2-3,6,15H2,1H3,(H,16,17). The van der Waals surface area contributed by atoms with Crippen LogP contribution in [0.1, 0.15) is 30.5 Å². The summed E-state index contributed by atoms with van der Waals surface area (Å²) in [6, 6.07) is 8.58. The number of rotatable bonds is 3. The Kier molecular flexibility index (Phi) is 2.70. The lowest BCUT2D eigenvalue weighted by atomic mass is 10.1. The van der Waals surface area contributed by atoms with Gasteiger partial charge >= 0.3 is 0 Å². The van der Waals surface area contributed by atoms with E-state index >= 15 is 0 Å². The van der Waals surface area contributed by atoms with Crippen LogP contribution < -0.4 is 11.1 Å². The summed E-state index contributed by atoms with van der Waals surface area (Å²) in [4.78, 5) is 0. The molecule has 1 aromatic heterocycles. The normalized spacial score (nSPS) is 17.7. The van der Waals surface area contributed by atoms with Crippen molar-refractivity contribution in [3.8, 4) is 0 Å². The van der Waals surface area contributed by atoms with Crippen molar-refractivity contribution < 1.29 is 0 Å². The molecule has 0 saturated heterocycles. The summed E-state index contributed by atoms with van der Waals surface area (Å²) in [7, 11) is 0. The second kappa shape index (κ2) is 4.37. The average Bonchev–Trinajstić information content (AvgIpc) is 2.97. The maximum atomic E-state index is 5.81. The highest BCUT2D eigenvalue weighted by atomic mass is 15.3. The fraction of sp³-hybridized carbons (Fsp3) is 0.357. The highest BCUT2D eigenvalue weighted by Crippen LogP contribution is 2.34. The molecule has 1 atom stereocenters. The number of benzene rings is 1. The number of aryl methyl sites for hydroxylation is 2. The lowest BCUT2D eigenvalue weighted by Crippen LogP contribution is -2.08. The van der Waals surface area contributed by atoms with Crippen molar-refractivity contribution in [1.29, 1.82) is 0 Å². The third kappa shape index (κ3) is 1.94. The van der Waals surface area contributed by atoms with Crippen LogP contribution in [0.3, 0.4) is 0 Å². The SMILES string of the molecule is CCn1ccc(NC2CCc3cc(N)ccc32)n1. The van der Waals surface area contributed by atoms with Crippen LogP contribution in [0.25, 0.3) is 0 Å². The van der Waals surface area contributed by atoms with Crippen molar-refractivity contribution in [1.82, 2.24) is 9.78 Å². The van der Waals surface area contributed by atoms with Gasteiger partial charge < -0.3 is 11.1 Å². The number of nitrogens with zero attached hydrogens (tertiary/aromatic N) is 2. The minimum atomic E-state index is 0.362. The summed E-state index contributed by atoms with van der Waals surface area (Å²) in [6.45, 7) is 2.99. The minimum Gasteiger partial charge on any atom is -0.399 e. The summed E-state index contributed by atoms with van der Waals surface area (Å²) in [5, 5.41) is 7.96. The largest absolute Gasteiger partial charge is 0.399 e. The minimum absolute atomic E-state index is 0.362. The summed E-state index contributed by atoms with van der Waals surface area (Å²) < 4.78 is 1.93. The molecule has 0 saturated carbocycles. The third-order valence-corrected chi connectivity index (χ3v) is 3.53. The zero-order valence-electron chi connectivity index (χ0n) is 10.6. The molecule has 3 N–H and O–H groups in total. The van der Waals surface area contributed by atoms with Gasteiger partial charge in [-0.15, -0.1) is 0 Å². The number of anilines is 2. The summed E-state index contributed by atoms with van der Waals surface area (Å²) in [5.74, 6) is 0.950. The van der Waals surface area contributed by atoms with Gasteiger partial charge in [0.1, 0.15) is 5.82 Å². The van der Waals surface area contributed by atoms with Gasteiger partial charge in [0, 0.05) is 24.5 Å². The first-order valence-corrected chi connectivity index (χ1v) is 6.44. The molecule has 18 heavy (non-hydrogen) atoms. The van der Waals surface area contributed by atoms with E-state index in [0.717, 1.165) is 30.9 Å². The molecule has 1 aliphatic carbocycles. The van der Waals surface area contributed by atoms with Crippen molar-refractivity contribution in [2.75, 3.05) is 11.1 Å². The van der Waals surface area contributed by atoms with Gasteiger partial charge in [-0.05, 0) is 43.0 Å².